The van der Waals surface area contributed by atoms with Crippen LogP contribution in [0.25, 0.3) is 22.3 Å². The van der Waals surface area contributed by atoms with Gasteiger partial charge < -0.3 is 18.9 Å². The van der Waals surface area contributed by atoms with Gasteiger partial charge in [-0.05, 0) is 110 Å². The van der Waals surface area contributed by atoms with Crippen molar-refractivity contribution in [1.82, 2.24) is 0 Å². The van der Waals surface area contributed by atoms with Crippen LogP contribution in [-0.4, -0.2) is 38.4 Å². The first kappa shape index (κ1) is 33.2. The van der Waals surface area contributed by atoms with E-state index in [9.17, 15) is 9.59 Å². The van der Waals surface area contributed by atoms with Crippen LogP contribution in [0.4, 0.5) is 0 Å². The minimum atomic E-state index is -0.364. The van der Waals surface area contributed by atoms with E-state index in [0.29, 0.717) is 26.4 Å². The Hall–Kier alpha value is -4.32. The average molecular weight is 585 g/mol. The van der Waals surface area contributed by atoms with Crippen molar-refractivity contribution in [1.29, 1.82) is 0 Å². The Morgan fingerprint density at radius 1 is 0.558 bits per heavy atom. The molecule has 0 aliphatic rings. The molecule has 0 spiro atoms. The molecule has 0 unspecified atom stereocenters. The monoisotopic (exact) mass is 584 g/mol. The van der Waals surface area contributed by atoms with Crippen molar-refractivity contribution in [3.8, 4) is 33.8 Å². The van der Waals surface area contributed by atoms with Crippen molar-refractivity contribution in [2.75, 3.05) is 26.4 Å². The number of hydrogen-bond donors (Lipinski definition) is 0. The summed E-state index contributed by atoms with van der Waals surface area (Å²) in [6, 6.07) is 23.1. The van der Waals surface area contributed by atoms with E-state index in [1.165, 1.54) is 12.2 Å². The maximum absolute atomic E-state index is 11.0. The van der Waals surface area contributed by atoms with E-state index in [1.54, 1.807) is 0 Å². The number of hydrogen-bond acceptors (Lipinski definition) is 6. The van der Waals surface area contributed by atoms with E-state index >= 15 is 0 Å². The summed E-state index contributed by atoms with van der Waals surface area (Å²) < 4.78 is 21.9. The molecule has 228 valence electrons. The van der Waals surface area contributed by atoms with E-state index < -0.39 is 0 Å². The molecule has 3 aromatic rings. The van der Waals surface area contributed by atoms with Crippen molar-refractivity contribution in [2.24, 2.45) is 0 Å². The summed E-state index contributed by atoms with van der Waals surface area (Å²) in [6.07, 6.45) is 10.1. The predicted octanol–water partition coefficient (Wildman–Crippen LogP) is 8.67. The minimum Gasteiger partial charge on any atom is -0.494 e. The van der Waals surface area contributed by atoms with Crippen LogP contribution in [-0.2, 0) is 19.1 Å². The largest absolute Gasteiger partial charge is 0.494 e. The summed E-state index contributed by atoms with van der Waals surface area (Å²) in [6.45, 7) is 11.1. The van der Waals surface area contributed by atoms with Crippen LogP contribution in [0.2, 0.25) is 0 Å². The zero-order valence-electron chi connectivity index (χ0n) is 25.4. The molecule has 6 nitrogen and oxygen atoms in total. The molecule has 3 rings (SSSR count). The van der Waals surface area contributed by atoms with E-state index in [0.717, 1.165) is 90.7 Å². The molecule has 0 aromatic heterocycles. The third-order valence-electron chi connectivity index (χ3n) is 7.01. The molecule has 0 aliphatic heterocycles. The number of unbranched alkanes of at least 4 members (excludes halogenated alkanes) is 6. The molecular weight excluding hydrogens is 540 g/mol. The Morgan fingerprint density at radius 3 is 1.47 bits per heavy atom. The molecule has 0 heterocycles. The van der Waals surface area contributed by atoms with Gasteiger partial charge in [-0.3, -0.25) is 0 Å². The second-order valence-electron chi connectivity index (χ2n) is 10.4. The fraction of sp³-hybridized carbons (Fsp3) is 0.351. The van der Waals surface area contributed by atoms with E-state index in [-0.39, 0.29) is 11.9 Å². The Labute approximate surface area is 256 Å². The van der Waals surface area contributed by atoms with Gasteiger partial charge in [-0.15, -0.1) is 0 Å². The SMILES string of the molecule is C=CC(=O)OCCCCCCOc1ccc(-c2ccc(-c3ccc(OCCCCCCOC(=O)C=C)c(C)c3)cc2)cc1. The Balaban J connectivity index is 1.37. The second kappa shape index (κ2) is 19.0. The van der Waals surface area contributed by atoms with Crippen molar-refractivity contribution >= 4 is 11.9 Å². The smallest absolute Gasteiger partial charge is 0.330 e. The van der Waals surface area contributed by atoms with Gasteiger partial charge in [0.15, 0.2) is 0 Å². The number of ether oxygens (including phenoxy) is 4. The summed E-state index contributed by atoms with van der Waals surface area (Å²) >= 11 is 0. The third kappa shape index (κ3) is 12.2. The molecule has 6 heteroatoms. The summed E-state index contributed by atoms with van der Waals surface area (Å²) in [5.74, 6) is 1.05. The first-order valence-corrected chi connectivity index (χ1v) is 15.2. The van der Waals surface area contributed by atoms with Crippen molar-refractivity contribution in [3.05, 3.63) is 97.6 Å². The lowest BCUT2D eigenvalue weighted by Crippen LogP contribution is -2.02. The van der Waals surface area contributed by atoms with Gasteiger partial charge in [-0.2, -0.15) is 0 Å². The van der Waals surface area contributed by atoms with Crippen LogP contribution in [0.3, 0.4) is 0 Å². The molecule has 0 aliphatic carbocycles. The van der Waals surface area contributed by atoms with Gasteiger partial charge >= 0.3 is 11.9 Å². The maximum Gasteiger partial charge on any atom is 0.330 e. The van der Waals surface area contributed by atoms with Gasteiger partial charge in [0.25, 0.3) is 0 Å². The van der Waals surface area contributed by atoms with Gasteiger partial charge in [0.1, 0.15) is 11.5 Å². The zero-order chi connectivity index (χ0) is 30.7. The Kier molecular flexibility index (Phi) is 14.6. The van der Waals surface area contributed by atoms with Gasteiger partial charge in [0.05, 0.1) is 26.4 Å². The van der Waals surface area contributed by atoms with Gasteiger partial charge in [-0.1, -0.05) is 55.6 Å². The van der Waals surface area contributed by atoms with E-state index in [4.69, 9.17) is 18.9 Å². The van der Waals surface area contributed by atoms with Crippen LogP contribution >= 0.6 is 0 Å². The highest BCUT2D eigenvalue weighted by Gasteiger charge is 2.06. The molecule has 0 bridgehead atoms. The number of carbonyl (C=O) groups excluding carboxylic acids is 2. The van der Waals surface area contributed by atoms with Crippen LogP contribution < -0.4 is 9.47 Å². The lowest BCUT2D eigenvalue weighted by atomic mass is 9.99. The van der Waals surface area contributed by atoms with Crippen molar-refractivity contribution in [2.45, 2.75) is 58.3 Å². The fourth-order valence-corrected chi connectivity index (χ4v) is 4.54. The molecule has 3 aromatic carbocycles. The second-order valence-corrected chi connectivity index (χ2v) is 10.4. The maximum atomic E-state index is 11.0. The summed E-state index contributed by atoms with van der Waals surface area (Å²) in [5, 5.41) is 0. The average Bonchev–Trinajstić information content (AvgIpc) is 3.04. The molecule has 0 fully saturated rings. The highest BCUT2D eigenvalue weighted by molar-refractivity contribution is 5.81. The molecule has 0 N–H and O–H groups in total. The number of rotatable bonds is 20. The lowest BCUT2D eigenvalue weighted by molar-refractivity contribution is -0.138. The van der Waals surface area contributed by atoms with E-state index in [1.807, 2.05) is 18.2 Å². The molecule has 43 heavy (non-hydrogen) atoms. The quantitative estimate of drug-likeness (QED) is 0.0752. The number of aryl methyl sites for hydroxylation is 1. The first-order valence-electron chi connectivity index (χ1n) is 15.2. The fourth-order valence-electron chi connectivity index (χ4n) is 4.54. The van der Waals surface area contributed by atoms with Gasteiger partial charge in [0.2, 0.25) is 0 Å². The summed E-state index contributed by atoms with van der Waals surface area (Å²) in [7, 11) is 0. The van der Waals surface area contributed by atoms with Gasteiger partial charge in [-0.25, -0.2) is 9.59 Å². The summed E-state index contributed by atoms with van der Waals surface area (Å²) in [4.78, 5) is 22.1. The zero-order valence-corrected chi connectivity index (χ0v) is 25.4. The molecule has 0 atom stereocenters. The van der Waals surface area contributed by atoms with Crippen molar-refractivity contribution in [3.63, 3.8) is 0 Å². The Morgan fingerprint density at radius 2 is 0.977 bits per heavy atom. The van der Waals surface area contributed by atoms with E-state index in [2.05, 4.69) is 68.6 Å². The van der Waals surface area contributed by atoms with Crippen LogP contribution in [0, 0.1) is 6.92 Å². The normalized spacial score (nSPS) is 10.5. The first-order chi connectivity index (χ1) is 21.0. The molecular formula is C37H44O6. The number of esters is 2. The highest BCUT2D eigenvalue weighted by Crippen LogP contribution is 2.29. The third-order valence-corrected chi connectivity index (χ3v) is 7.01. The number of benzene rings is 3. The van der Waals surface area contributed by atoms with Crippen LogP contribution in [0.15, 0.2) is 92.0 Å². The van der Waals surface area contributed by atoms with Gasteiger partial charge in [0, 0.05) is 12.2 Å². The summed E-state index contributed by atoms with van der Waals surface area (Å²) in [5.41, 5.74) is 5.73. The molecule has 0 amide bonds. The predicted molar refractivity (Wildman–Crippen MR) is 172 cm³/mol. The van der Waals surface area contributed by atoms with Crippen LogP contribution in [0.1, 0.15) is 56.9 Å². The highest BCUT2D eigenvalue weighted by atomic mass is 16.5. The number of carbonyl (C=O) groups is 2. The lowest BCUT2D eigenvalue weighted by Gasteiger charge is -2.12. The molecule has 0 radical (unpaired) electrons. The molecule has 0 saturated carbocycles. The molecule has 0 saturated heterocycles. The van der Waals surface area contributed by atoms with Crippen molar-refractivity contribution < 1.29 is 28.5 Å². The topological polar surface area (TPSA) is 71.1 Å². The standard InChI is InChI=1S/C37H44O6/c1-4-36(38)42-26-12-8-6-10-24-40-34-21-18-31(19-22-34)30-14-16-32(17-15-30)33-20-23-35(29(3)28-33)41-25-11-7-9-13-27-43-37(39)5-2/h4-5,14-23,28H,1-2,6-13,24-27H2,3H3. The van der Waals surface area contributed by atoms with Crippen LogP contribution in [0.5, 0.6) is 11.5 Å². The Bertz CT molecular complexity index is 1290. The minimum absolute atomic E-state index is 0.363.